The van der Waals surface area contributed by atoms with Crippen LogP contribution in [0.3, 0.4) is 0 Å². The van der Waals surface area contributed by atoms with Gasteiger partial charge in [0.1, 0.15) is 17.2 Å². The number of nitrogens with one attached hydrogen (secondary N) is 1. The molecule has 0 bridgehead atoms. The number of hydrogen-bond acceptors (Lipinski definition) is 5. The van der Waals surface area contributed by atoms with E-state index >= 15 is 0 Å². The van der Waals surface area contributed by atoms with Crippen LogP contribution in [0.4, 0.5) is 5.69 Å². The van der Waals surface area contributed by atoms with Gasteiger partial charge in [-0.05, 0) is 30.5 Å². The zero-order valence-electron chi connectivity index (χ0n) is 17.3. The number of para-hydroxylation sites is 2. The average molecular weight is 436 g/mol. The van der Waals surface area contributed by atoms with Crippen LogP contribution in [0.5, 0.6) is 17.2 Å². The van der Waals surface area contributed by atoms with E-state index in [1.807, 2.05) is 73.0 Å². The molecule has 0 saturated carbocycles. The lowest BCUT2D eigenvalue weighted by atomic mass is 9.85. The third-order valence-corrected chi connectivity index (χ3v) is 6.01. The quantitative estimate of drug-likeness (QED) is 0.364. The molecule has 0 unspecified atom stereocenters. The first kappa shape index (κ1) is 21.3. The van der Waals surface area contributed by atoms with E-state index in [9.17, 15) is 4.79 Å². The standard InChI is InChI=1S/C25H25NO4S/c1-31-24-12-11-17(29-14-6-13-27)15-21(24)26-25(28)16-20-18-7-2-4-9-22(18)30-23-10-5-3-8-19(20)23/h2-5,7-12,15,20,27H,6,13-14,16H2,1H3,(H,26,28). The summed E-state index contributed by atoms with van der Waals surface area (Å²) < 4.78 is 11.7. The molecule has 0 spiro atoms. The van der Waals surface area contributed by atoms with Gasteiger partial charge in [-0.2, -0.15) is 0 Å². The second kappa shape index (κ2) is 9.90. The van der Waals surface area contributed by atoms with E-state index in [4.69, 9.17) is 14.6 Å². The minimum atomic E-state index is -0.0807. The number of rotatable bonds is 8. The molecule has 5 nitrogen and oxygen atoms in total. The van der Waals surface area contributed by atoms with Gasteiger partial charge in [0.25, 0.3) is 0 Å². The Morgan fingerprint density at radius 3 is 2.39 bits per heavy atom. The Bertz CT molecular complexity index is 1020. The van der Waals surface area contributed by atoms with Gasteiger partial charge in [-0.3, -0.25) is 4.79 Å². The van der Waals surface area contributed by atoms with Crippen molar-refractivity contribution in [3.63, 3.8) is 0 Å². The Kier molecular flexibility index (Phi) is 6.79. The van der Waals surface area contributed by atoms with Gasteiger partial charge in [-0.15, -0.1) is 11.8 Å². The molecule has 0 atom stereocenters. The predicted octanol–water partition coefficient (Wildman–Crippen LogP) is 5.44. The van der Waals surface area contributed by atoms with Gasteiger partial charge >= 0.3 is 0 Å². The van der Waals surface area contributed by atoms with Gasteiger partial charge < -0.3 is 19.9 Å². The average Bonchev–Trinajstić information content (AvgIpc) is 2.79. The van der Waals surface area contributed by atoms with Crippen LogP contribution in [0, 0.1) is 0 Å². The van der Waals surface area contributed by atoms with Gasteiger partial charge in [0.15, 0.2) is 0 Å². The Morgan fingerprint density at radius 2 is 1.74 bits per heavy atom. The van der Waals surface area contributed by atoms with Gasteiger partial charge in [0.05, 0.1) is 12.3 Å². The minimum absolute atomic E-state index is 0.0701. The van der Waals surface area contributed by atoms with Crippen molar-refractivity contribution in [2.45, 2.75) is 23.7 Å². The van der Waals surface area contributed by atoms with Crippen LogP contribution in [-0.4, -0.2) is 30.5 Å². The van der Waals surface area contributed by atoms with Gasteiger partial charge in [0.2, 0.25) is 5.91 Å². The van der Waals surface area contributed by atoms with Crippen molar-refractivity contribution in [2.75, 3.05) is 24.8 Å². The molecule has 0 radical (unpaired) electrons. The Balaban J connectivity index is 1.55. The summed E-state index contributed by atoms with van der Waals surface area (Å²) in [5.41, 5.74) is 2.76. The van der Waals surface area contributed by atoms with Gasteiger partial charge in [-0.25, -0.2) is 0 Å². The maximum absolute atomic E-state index is 13.1. The summed E-state index contributed by atoms with van der Waals surface area (Å²) in [5.74, 6) is 2.11. The van der Waals surface area contributed by atoms with E-state index < -0.39 is 0 Å². The topological polar surface area (TPSA) is 67.8 Å². The van der Waals surface area contributed by atoms with E-state index in [-0.39, 0.29) is 18.4 Å². The highest BCUT2D eigenvalue weighted by atomic mass is 32.2. The number of carbonyl (C=O) groups excluding carboxylic acids is 1. The van der Waals surface area contributed by atoms with Crippen molar-refractivity contribution < 1.29 is 19.4 Å². The third kappa shape index (κ3) is 4.86. The zero-order valence-corrected chi connectivity index (χ0v) is 18.2. The second-order valence-corrected chi connectivity index (χ2v) is 8.12. The molecule has 0 fully saturated rings. The van der Waals surface area contributed by atoms with E-state index in [0.29, 0.717) is 25.2 Å². The summed E-state index contributed by atoms with van der Waals surface area (Å²) in [6, 6.07) is 21.4. The molecule has 2 N–H and O–H groups in total. The summed E-state index contributed by atoms with van der Waals surface area (Å²) >= 11 is 1.57. The number of benzene rings is 3. The van der Waals surface area contributed by atoms with Crippen LogP contribution in [-0.2, 0) is 4.79 Å². The zero-order chi connectivity index (χ0) is 21.6. The number of hydrogen-bond donors (Lipinski definition) is 2. The normalized spacial score (nSPS) is 12.5. The number of carbonyl (C=O) groups is 1. The number of amides is 1. The Labute approximate surface area is 186 Å². The van der Waals surface area contributed by atoms with Crippen molar-refractivity contribution in [3.05, 3.63) is 77.9 Å². The summed E-state index contributed by atoms with van der Waals surface area (Å²) in [4.78, 5) is 14.1. The first-order valence-corrected chi connectivity index (χ1v) is 11.5. The molecule has 0 aliphatic carbocycles. The lowest BCUT2D eigenvalue weighted by Gasteiger charge is -2.28. The van der Waals surface area contributed by atoms with Crippen LogP contribution in [0.25, 0.3) is 0 Å². The minimum Gasteiger partial charge on any atom is -0.493 e. The number of aliphatic hydroxyl groups excluding tert-OH is 1. The summed E-state index contributed by atoms with van der Waals surface area (Å²) in [5, 5.41) is 12.0. The number of ether oxygens (including phenoxy) is 2. The van der Waals surface area contributed by atoms with Crippen molar-refractivity contribution >= 4 is 23.4 Å². The maximum Gasteiger partial charge on any atom is 0.225 e. The monoisotopic (exact) mass is 435 g/mol. The fraction of sp³-hybridized carbons (Fsp3) is 0.240. The summed E-state index contributed by atoms with van der Waals surface area (Å²) in [6.45, 7) is 0.513. The number of aliphatic hydroxyl groups is 1. The molecule has 1 aliphatic heterocycles. The molecule has 6 heteroatoms. The molecule has 3 aromatic carbocycles. The van der Waals surface area contributed by atoms with Crippen LogP contribution in [0.15, 0.2) is 71.6 Å². The van der Waals surface area contributed by atoms with Crippen molar-refractivity contribution in [3.8, 4) is 17.2 Å². The lowest BCUT2D eigenvalue weighted by Crippen LogP contribution is -2.19. The molecular formula is C25H25NO4S. The Morgan fingerprint density at radius 1 is 1.06 bits per heavy atom. The fourth-order valence-electron chi connectivity index (χ4n) is 3.74. The molecule has 1 amide bonds. The van der Waals surface area contributed by atoms with E-state index in [2.05, 4.69) is 5.32 Å². The van der Waals surface area contributed by atoms with E-state index in [0.717, 1.165) is 33.2 Å². The van der Waals surface area contributed by atoms with Crippen LogP contribution in [0.2, 0.25) is 0 Å². The van der Waals surface area contributed by atoms with Gasteiger partial charge in [0, 0.05) is 47.5 Å². The van der Waals surface area contributed by atoms with E-state index in [1.165, 1.54) is 0 Å². The van der Waals surface area contributed by atoms with E-state index in [1.54, 1.807) is 11.8 Å². The van der Waals surface area contributed by atoms with Crippen molar-refractivity contribution in [1.29, 1.82) is 0 Å². The highest BCUT2D eigenvalue weighted by molar-refractivity contribution is 7.98. The molecule has 4 rings (SSSR count). The third-order valence-electron chi connectivity index (χ3n) is 5.21. The molecule has 0 saturated heterocycles. The molecular weight excluding hydrogens is 410 g/mol. The predicted molar refractivity (Wildman–Crippen MR) is 123 cm³/mol. The molecule has 1 aliphatic rings. The highest BCUT2D eigenvalue weighted by Crippen LogP contribution is 2.45. The number of anilines is 1. The SMILES string of the molecule is CSc1ccc(OCCCO)cc1NC(=O)CC1c2ccccc2Oc2ccccc21. The number of fused-ring (bicyclic) bond motifs is 2. The fourth-order valence-corrected chi connectivity index (χ4v) is 4.28. The Hall–Kier alpha value is -2.96. The largest absolute Gasteiger partial charge is 0.493 e. The first-order valence-electron chi connectivity index (χ1n) is 10.3. The number of thioether (sulfide) groups is 1. The maximum atomic E-state index is 13.1. The molecule has 0 aromatic heterocycles. The van der Waals surface area contributed by atoms with Crippen molar-refractivity contribution in [1.82, 2.24) is 0 Å². The highest BCUT2D eigenvalue weighted by Gasteiger charge is 2.28. The van der Waals surface area contributed by atoms with Crippen LogP contribution < -0.4 is 14.8 Å². The van der Waals surface area contributed by atoms with Gasteiger partial charge in [-0.1, -0.05) is 36.4 Å². The second-order valence-electron chi connectivity index (χ2n) is 7.27. The van der Waals surface area contributed by atoms with Crippen molar-refractivity contribution in [2.24, 2.45) is 0 Å². The molecule has 31 heavy (non-hydrogen) atoms. The molecule has 1 heterocycles. The molecule has 3 aromatic rings. The first-order chi connectivity index (χ1) is 15.2. The summed E-state index contributed by atoms with van der Waals surface area (Å²) in [7, 11) is 0. The van der Waals surface area contributed by atoms with Crippen LogP contribution >= 0.6 is 11.8 Å². The lowest BCUT2D eigenvalue weighted by molar-refractivity contribution is -0.116. The summed E-state index contributed by atoms with van der Waals surface area (Å²) in [6.07, 6.45) is 2.84. The smallest absolute Gasteiger partial charge is 0.225 e. The van der Waals surface area contributed by atoms with Crippen LogP contribution in [0.1, 0.15) is 29.9 Å². The molecule has 160 valence electrons.